The topological polar surface area (TPSA) is 36.9 Å². The monoisotopic (exact) mass is 288 g/mol. The van der Waals surface area contributed by atoms with Crippen LogP contribution in [0.2, 0.25) is 0 Å². The average molecular weight is 288 g/mol. The smallest absolute Gasteiger partial charge is 0.228 e. The molecule has 0 aromatic rings. The highest BCUT2D eigenvalue weighted by Gasteiger charge is 2.42. The maximum atomic E-state index is 5.72. The van der Waals surface area contributed by atoms with Crippen LogP contribution in [-0.4, -0.2) is 17.0 Å². The summed E-state index contributed by atoms with van der Waals surface area (Å²) in [6, 6.07) is 0. The second-order valence-corrected chi connectivity index (χ2v) is 7.84. The van der Waals surface area contributed by atoms with Crippen LogP contribution in [0.25, 0.3) is 0 Å². The van der Waals surface area contributed by atoms with Crippen LogP contribution >= 0.6 is 0 Å². The molecule has 0 aromatic carbocycles. The summed E-state index contributed by atoms with van der Waals surface area (Å²) in [5.41, 5.74) is -0.728. The third-order valence-corrected chi connectivity index (χ3v) is 3.23. The van der Waals surface area contributed by atoms with Crippen molar-refractivity contribution in [1.29, 1.82) is 0 Å². The third kappa shape index (κ3) is 6.53. The summed E-state index contributed by atoms with van der Waals surface area (Å²) in [5, 5.41) is 0. The van der Waals surface area contributed by atoms with Crippen LogP contribution in [0.4, 0.5) is 0 Å². The Morgan fingerprint density at radius 3 is 1.85 bits per heavy atom. The lowest BCUT2D eigenvalue weighted by molar-refractivity contribution is -0.547. The van der Waals surface area contributed by atoms with Crippen molar-refractivity contribution in [2.24, 2.45) is 5.92 Å². The van der Waals surface area contributed by atoms with Crippen molar-refractivity contribution < 1.29 is 19.6 Å². The van der Waals surface area contributed by atoms with Gasteiger partial charge in [-0.25, -0.2) is 9.78 Å². The zero-order valence-corrected chi connectivity index (χ0v) is 14.2. The van der Waals surface area contributed by atoms with E-state index in [1.165, 1.54) is 6.42 Å². The highest BCUT2D eigenvalue weighted by atomic mass is 17.3. The summed E-state index contributed by atoms with van der Waals surface area (Å²) < 4.78 is 0. The fourth-order valence-corrected chi connectivity index (χ4v) is 2.22. The Kier molecular flexibility index (Phi) is 6.02. The lowest BCUT2D eigenvalue weighted by Crippen LogP contribution is -2.44. The maximum absolute atomic E-state index is 5.72. The minimum atomic E-state index is -0.778. The Morgan fingerprint density at radius 2 is 1.45 bits per heavy atom. The van der Waals surface area contributed by atoms with Gasteiger partial charge in [-0.2, -0.15) is 9.78 Å². The van der Waals surface area contributed by atoms with E-state index in [1.54, 1.807) is 0 Å². The van der Waals surface area contributed by atoms with E-state index in [-0.39, 0.29) is 11.2 Å². The number of rotatable bonds is 5. The molecule has 1 aliphatic carbocycles. The van der Waals surface area contributed by atoms with Crippen LogP contribution in [0, 0.1) is 5.92 Å². The lowest BCUT2D eigenvalue weighted by atomic mass is 9.83. The number of hydrogen-bond acceptors (Lipinski definition) is 4. The summed E-state index contributed by atoms with van der Waals surface area (Å²) in [6.07, 6.45) is 5.03. The summed E-state index contributed by atoms with van der Waals surface area (Å²) >= 11 is 0. The first kappa shape index (κ1) is 17.9. The molecule has 4 heteroatoms. The maximum Gasteiger partial charge on any atom is 0.234 e. The van der Waals surface area contributed by atoms with Gasteiger partial charge in [0.15, 0.2) is 0 Å². The molecule has 1 saturated carbocycles. The highest BCUT2D eigenvalue weighted by Crippen LogP contribution is 2.39. The van der Waals surface area contributed by atoms with Crippen molar-refractivity contribution in [2.75, 3.05) is 0 Å². The molecule has 1 unspecified atom stereocenters. The van der Waals surface area contributed by atoms with Crippen molar-refractivity contribution in [3.05, 3.63) is 0 Å². The van der Waals surface area contributed by atoms with Crippen LogP contribution in [-0.2, 0) is 19.6 Å². The summed E-state index contributed by atoms with van der Waals surface area (Å²) in [7, 11) is 0. The van der Waals surface area contributed by atoms with E-state index in [4.69, 9.17) is 19.6 Å². The predicted octanol–water partition coefficient (Wildman–Crippen LogP) is 4.78. The zero-order valence-electron chi connectivity index (χ0n) is 14.2. The zero-order chi connectivity index (χ0) is 15.4. The van der Waals surface area contributed by atoms with Crippen molar-refractivity contribution in [3.63, 3.8) is 0 Å². The van der Waals surface area contributed by atoms with E-state index in [1.807, 2.05) is 41.5 Å². The Bertz CT molecular complexity index is 270. The second kappa shape index (κ2) is 6.73. The Morgan fingerprint density at radius 1 is 0.950 bits per heavy atom. The molecule has 0 radical (unpaired) electrons. The molecular formula is C16H32O4. The molecule has 0 spiro atoms. The molecule has 120 valence electrons. The third-order valence-electron chi connectivity index (χ3n) is 3.23. The van der Waals surface area contributed by atoms with Crippen molar-refractivity contribution in [2.45, 2.75) is 97.6 Å². The van der Waals surface area contributed by atoms with Crippen LogP contribution < -0.4 is 0 Å². The van der Waals surface area contributed by atoms with Crippen LogP contribution in [0.3, 0.4) is 0 Å². The molecule has 4 nitrogen and oxygen atoms in total. The molecule has 0 aliphatic heterocycles. The molecule has 20 heavy (non-hydrogen) atoms. The molecule has 0 aromatic heterocycles. The van der Waals surface area contributed by atoms with E-state index in [2.05, 4.69) is 6.92 Å². The molecule has 0 heterocycles. The molecule has 0 amide bonds. The molecule has 0 bridgehead atoms. The summed E-state index contributed by atoms with van der Waals surface area (Å²) in [5.74, 6) is -0.185. The second-order valence-electron chi connectivity index (χ2n) is 7.84. The van der Waals surface area contributed by atoms with Gasteiger partial charge in [-0.1, -0.05) is 19.8 Å². The van der Waals surface area contributed by atoms with Gasteiger partial charge < -0.3 is 0 Å². The average Bonchev–Trinajstić information content (AvgIpc) is 2.33. The van der Waals surface area contributed by atoms with E-state index in [0.717, 1.165) is 25.7 Å². The first-order valence-corrected chi connectivity index (χ1v) is 7.79. The van der Waals surface area contributed by atoms with E-state index in [0.29, 0.717) is 5.92 Å². The highest BCUT2D eigenvalue weighted by molar-refractivity contribution is 4.79. The van der Waals surface area contributed by atoms with Gasteiger partial charge >= 0.3 is 0 Å². The van der Waals surface area contributed by atoms with Gasteiger partial charge in [0.05, 0.1) is 11.2 Å². The molecule has 1 fully saturated rings. The first-order valence-electron chi connectivity index (χ1n) is 7.79. The van der Waals surface area contributed by atoms with Gasteiger partial charge in [-0.05, 0) is 53.9 Å². The van der Waals surface area contributed by atoms with Crippen LogP contribution in [0.1, 0.15) is 80.6 Å². The minimum absolute atomic E-state index is 0.364. The van der Waals surface area contributed by atoms with Crippen molar-refractivity contribution in [1.82, 2.24) is 0 Å². The minimum Gasteiger partial charge on any atom is -0.228 e. The van der Waals surface area contributed by atoms with Gasteiger partial charge in [0.25, 0.3) is 0 Å². The summed E-state index contributed by atoms with van der Waals surface area (Å²) in [6.45, 7) is 14.0. The van der Waals surface area contributed by atoms with E-state index < -0.39 is 5.79 Å². The van der Waals surface area contributed by atoms with Crippen LogP contribution in [0.15, 0.2) is 0 Å². The molecule has 0 saturated heterocycles. The quantitative estimate of drug-likeness (QED) is 0.414. The van der Waals surface area contributed by atoms with Crippen molar-refractivity contribution in [3.8, 4) is 0 Å². The fourth-order valence-electron chi connectivity index (χ4n) is 2.22. The largest absolute Gasteiger partial charge is 0.234 e. The van der Waals surface area contributed by atoms with Gasteiger partial charge in [-0.3, -0.25) is 0 Å². The summed E-state index contributed by atoms with van der Waals surface area (Å²) in [4.78, 5) is 22.5. The molecule has 1 atom stereocenters. The van der Waals surface area contributed by atoms with Crippen molar-refractivity contribution >= 4 is 0 Å². The molecule has 1 rings (SSSR count). The van der Waals surface area contributed by atoms with E-state index in [9.17, 15) is 0 Å². The molecule has 1 aliphatic rings. The Balaban J connectivity index is 2.71. The Labute approximate surface area is 124 Å². The molecule has 0 N–H and O–H groups in total. The normalized spacial score (nSPS) is 23.9. The number of hydrogen-bond donors (Lipinski definition) is 0. The van der Waals surface area contributed by atoms with Gasteiger partial charge in [0, 0.05) is 12.8 Å². The van der Waals surface area contributed by atoms with Gasteiger partial charge in [0.1, 0.15) is 0 Å². The van der Waals surface area contributed by atoms with Crippen LogP contribution in [0.5, 0.6) is 0 Å². The standard InChI is InChI=1S/C16H32O4/c1-8-13-10-9-11-16(12-13,19-17-14(2,3)4)20-18-15(5,6)7/h13H,8-12H2,1-7H3. The predicted molar refractivity (Wildman–Crippen MR) is 78.8 cm³/mol. The van der Waals surface area contributed by atoms with Gasteiger partial charge in [0.2, 0.25) is 5.79 Å². The SMILES string of the molecule is CCC1CCCC(OOC(C)(C)C)(OOC(C)(C)C)C1. The molecular weight excluding hydrogens is 256 g/mol. The lowest BCUT2D eigenvalue weighted by Gasteiger charge is -2.40. The van der Waals surface area contributed by atoms with E-state index >= 15 is 0 Å². The Hall–Kier alpha value is -0.160. The first-order chi connectivity index (χ1) is 9.05. The van der Waals surface area contributed by atoms with Gasteiger partial charge in [-0.15, -0.1) is 0 Å². The fraction of sp³-hybridized carbons (Fsp3) is 1.00.